The zero-order valence-electron chi connectivity index (χ0n) is 19.9. The Hall–Kier alpha value is -1.56. The van der Waals surface area contributed by atoms with Gasteiger partial charge in [0, 0.05) is 0 Å². The monoisotopic (exact) mass is 434 g/mol. The highest BCUT2D eigenvalue weighted by Gasteiger charge is 2.67. The Morgan fingerprint density at radius 1 is 0.394 bits per heavy atom. The molecule has 33 heavy (non-hydrogen) atoms. The van der Waals surface area contributed by atoms with Crippen LogP contribution < -0.4 is 0 Å². The molecule has 12 unspecified atom stereocenters. The van der Waals surface area contributed by atoms with Crippen LogP contribution in [0, 0.1) is 47.3 Å². The lowest BCUT2D eigenvalue weighted by molar-refractivity contribution is -0.144. The first-order valence-corrected chi connectivity index (χ1v) is 14.6. The van der Waals surface area contributed by atoms with Crippen LogP contribution in [0.25, 0.3) is 0 Å². The van der Waals surface area contributed by atoms with Crippen molar-refractivity contribution in [1.29, 1.82) is 0 Å². The van der Waals surface area contributed by atoms with Gasteiger partial charge in [0.15, 0.2) is 0 Å². The molecule has 0 spiro atoms. The zero-order chi connectivity index (χ0) is 21.3. The number of hydrogen-bond donors (Lipinski definition) is 0. The maximum Gasteiger partial charge on any atom is -0.00910 e. The van der Waals surface area contributed by atoms with E-state index in [4.69, 9.17) is 0 Å². The van der Waals surface area contributed by atoms with Gasteiger partial charge < -0.3 is 0 Å². The lowest BCUT2D eigenvalue weighted by Crippen LogP contribution is -2.58. The average molecular weight is 435 g/mol. The molecule has 0 N–H and O–H groups in total. The summed E-state index contributed by atoms with van der Waals surface area (Å²) in [6.07, 6.45) is 13.6. The molecule has 0 heteroatoms. The first kappa shape index (κ1) is 18.7. The molecule has 0 aliphatic heterocycles. The fourth-order valence-corrected chi connectivity index (χ4v) is 12.5. The van der Waals surface area contributed by atoms with E-state index in [0.717, 1.165) is 71.0 Å². The van der Waals surface area contributed by atoms with Gasteiger partial charge in [0.25, 0.3) is 0 Å². The highest BCUT2D eigenvalue weighted by molar-refractivity contribution is 5.47. The standard InChI is InChI=1S/C33H38/c1-4-11-21-18(8-1)22-14-7-15-26-29(22)30(21)27-17-16-25-19-9-2-3-10-20(19)28-23-12-5-6-13-24(23)31(26)33(27)32(25)28/h1-4,8-11,22-33H,5-7,12-17H2. The minimum absolute atomic E-state index is 0.880. The van der Waals surface area contributed by atoms with Gasteiger partial charge in [-0.2, -0.15) is 0 Å². The van der Waals surface area contributed by atoms with E-state index in [0.29, 0.717) is 0 Å². The molecule has 0 radical (unpaired) electrons. The van der Waals surface area contributed by atoms with E-state index >= 15 is 0 Å². The van der Waals surface area contributed by atoms with Crippen LogP contribution in [0.5, 0.6) is 0 Å². The summed E-state index contributed by atoms with van der Waals surface area (Å²) in [5.41, 5.74) is 7.23. The van der Waals surface area contributed by atoms with E-state index in [9.17, 15) is 0 Å². The van der Waals surface area contributed by atoms with Gasteiger partial charge in [0.1, 0.15) is 0 Å². The highest BCUT2D eigenvalue weighted by atomic mass is 14.7. The van der Waals surface area contributed by atoms with Crippen LogP contribution in [0.2, 0.25) is 0 Å². The third-order valence-electron chi connectivity index (χ3n) is 12.8. The van der Waals surface area contributed by atoms with Crippen LogP contribution in [0.3, 0.4) is 0 Å². The number of rotatable bonds is 0. The molecule has 5 fully saturated rings. The largest absolute Gasteiger partial charge is 0.0620 e. The van der Waals surface area contributed by atoms with Crippen molar-refractivity contribution in [2.24, 2.45) is 47.3 Å². The van der Waals surface area contributed by atoms with E-state index in [1.54, 1.807) is 24.0 Å². The molecular weight excluding hydrogens is 396 g/mol. The molecule has 0 heterocycles. The Labute approximate surface area is 199 Å². The zero-order valence-corrected chi connectivity index (χ0v) is 19.9. The minimum Gasteiger partial charge on any atom is -0.0620 e. The molecule has 0 nitrogen and oxygen atoms in total. The van der Waals surface area contributed by atoms with Gasteiger partial charge in [0.05, 0.1) is 0 Å². The van der Waals surface area contributed by atoms with Gasteiger partial charge >= 0.3 is 0 Å². The fourth-order valence-electron chi connectivity index (χ4n) is 12.5. The molecule has 0 aromatic heterocycles. The third-order valence-corrected chi connectivity index (χ3v) is 12.8. The van der Waals surface area contributed by atoms with Crippen LogP contribution >= 0.6 is 0 Å². The van der Waals surface area contributed by atoms with Crippen LogP contribution in [0.4, 0.5) is 0 Å². The Bertz CT molecular complexity index is 1110. The Kier molecular flexibility index (Phi) is 3.72. The van der Waals surface area contributed by atoms with Crippen molar-refractivity contribution in [3.05, 3.63) is 70.8 Å². The second-order valence-corrected chi connectivity index (χ2v) is 13.3. The molecule has 0 amide bonds. The van der Waals surface area contributed by atoms with E-state index in [2.05, 4.69) is 48.5 Å². The maximum absolute atomic E-state index is 2.58. The first-order valence-electron chi connectivity index (χ1n) is 14.6. The van der Waals surface area contributed by atoms with Crippen molar-refractivity contribution in [2.45, 2.75) is 81.5 Å². The Morgan fingerprint density at radius 2 is 1.00 bits per heavy atom. The summed E-state index contributed by atoms with van der Waals surface area (Å²) in [7, 11) is 0. The normalized spacial score (nSPS) is 49.9. The fraction of sp³-hybridized carbons (Fsp3) is 0.636. The molecule has 2 aromatic rings. The predicted molar refractivity (Wildman–Crippen MR) is 133 cm³/mol. The van der Waals surface area contributed by atoms with Gasteiger partial charge in [-0.3, -0.25) is 0 Å². The summed E-state index contributed by atoms with van der Waals surface area (Å²) in [4.78, 5) is 0. The van der Waals surface area contributed by atoms with Crippen molar-refractivity contribution in [1.82, 2.24) is 0 Å². The summed E-state index contributed by atoms with van der Waals surface area (Å²) in [6.45, 7) is 0. The second-order valence-electron chi connectivity index (χ2n) is 13.3. The predicted octanol–water partition coefficient (Wildman–Crippen LogP) is 8.26. The number of fused-ring (bicyclic) bond motifs is 11. The number of benzene rings is 2. The summed E-state index contributed by atoms with van der Waals surface area (Å²) >= 11 is 0. The van der Waals surface area contributed by atoms with Crippen LogP contribution in [0.15, 0.2) is 48.5 Å². The van der Waals surface area contributed by atoms with E-state index in [-0.39, 0.29) is 0 Å². The van der Waals surface area contributed by atoms with Crippen molar-refractivity contribution < 1.29 is 0 Å². The molecular formula is C33H38. The van der Waals surface area contributed by atoms with Crippen molar-refractivity contribution in [3.63, 3.8) is 0 Å². The van der Waals surface area contributed by atoms with Crippen LogP contribution in [-0.2, 0) is 0 Å². The third kappa shape index (κ3) is 2.17. The van der Waals surface area contributed by atoms with Crippen molar-refractivity contribution in [2.75, 3.05) is 0 Å². The van der Waals surface area contributed by atoms with Crippen molar-refractivity contribution >= 4 is 0 Å². The Balaban J connectivity index is 1.26. The smallest absolute Gasteiger partial charge is 0.00910 e. The number of hydrogen-bond acceptors (Lipinski definition) is 0. The van der Waals surface area contributed by atoms with E-state index < -0.39 is 0 Å². The summed E-state index contributed by atoms with van der Waals surface area (Å²) in [5, 5.41) is 0. The minimum atomic E-state index is 0.880. The average Bonchev–Trinajstić information content (AvgIpc) is 3.40. The molecule has 7 aliphatic carbocycles. The van der Waals surface area contributed by atoms with E-state index in [1.807, 2.05) is 11.1 Å². The lowest BCUT2D eigenvalue weighted by Gasteiger charge is -2.65. The van der Waals surface area contributed by atoms with Gasteiger partial charge in [-0.15, -0.1) is 0 Å². The van der Waals surface area contributed by atoms with Crippen molar-refractivity contribution in [3.8, 4) is 0 Å². The summed E-state index contributed by atoms with van der Waals surface area (Å²) in [6, 6.07) is 19.7. The molecule has 0 saturated heterocycles. The topological polar surface area (TPSA) is 0 Å². The molecule has 7 aliphatic rings. The SMILES string of the molecule is c1ccc2c(c1)C1CCCC3C1C2C1CCC2c4ccccc4C4C5CCCCC5C3C1C24. The molecule has 170 valence electrons. The first-order chi connectivity index (χ1) is 16.4. The highest BCUT2D eigenvalue weighted by Crippen LogP contribution is 2.76. The van der Waals surface area contributed by atoms with Gasteiger partial charge in [-0.1, -0.05) is 67.8 Å². The second kappa shape index (κ2) is 6.56. The van der Waals surface area contributed by atoms with Gasteiger partial charge in [-0.25, -0.2) is 0 Å². The molecule has 0 bridgehead atoms. The summed E-state index contributed by atoms with van der Waals surface area (Å²) in [5.74, 6) is 11.6. The van der Waals surface area contributed by atoms with Gasteiger partial charge in [0.2, 0.25) is 0 Å². The van der Waals surface area contributed by atoms with Crippen LogP contribution in [-0.4, -0.2) is 0 Å². The quantitative estimate of drug-likeness (QED) is 0.391. The van der Waals surface area contributed by atoms with E-state index in [1.165, 1.54) is 44.9 Å². The van der Waals surface area contributed by atoms with Crippen LogP contribution in [0.1, 0.15) is 104 Å². The molecule has 9 rings (SSSR count). The Morgan fingerprint density at radius 3 is 1.76 bits per heavy atom. The maximum atomic E-state index is 2.58. The lowest BCUT2D eigenvalue weighted by atomic mass is 9.39. The molecule has 2 aromatic carbocycles. The summed E-state index contributed by atoms with van der Waals surface area (Å²) < 4.78 is 0. The van der Waals surface area contributed by atoms with Gasteiger partial charge in [-0.05, 0) is 132 Å². The molecule has 5 saturated carbocycles. The molecule has 12 atom stereocenters.